The first-order valence-corrected chi connectivity index (χ1v) is 23.7. The summed E-state index contributed by atoms with van der Waals surface area (Å²) < 4.78 is 16.5. The van der Waals surface area contributed by atoms with E-state index in [0.29, 0.717) is 71.6 Å². The number of nitrogens with one attached hydrogen (secondary N) is 4. The predicted molar refractivity (Wildman–Crippen MR) is 225 cm³/mol. The molecule has 320 valence electrons. The van der Waals surface area contributed by atoms with Crippen molar-refractivity contribution in [3.63, 3.8) is 0 Å². The van der Waals surface area contributed by atoms with Gasteiger partial charge in [0.25, 0.3) is 0 Å². The van der Waals surface area contributed by atoms with Crippen molar-refractivity contribution in [1.29, 1.82) is 0 Å². The van der Waals surface area contributed by atoms with Gasteiger partial charge in [0.15, 0.2) is 0 Å². The molecule has 4 N–H and O–H groups in total. The number of carbonyl (C=O) groups is 6. The fourth-order valence-electron chi connectivity index (χ4n) is 4.96. The molecule has 0 aliphatic heterocycles. The van der Waals surface area contributed by atoms with Crippen molar-refractivity contribution in [2.45, 2.75) is 71.1 Å². The van der Waals surface area contributed by atoms with E-state index in [-0.39, 0.29) is 75.1 Å². The summed E-state index contributed by atoms with van der Waals surface area (Å²) in [5.74, 6) is 1.81. The Bertz CT molecular complexity index is 1050. The van der Waals surface area contributed by atoms with Crippen molar-refractivity contribution in [3.8, 4) is 0 Å². The molecule has 0 aliphatic carbocycles. The van der Waals surface area contributed by atoms with Crippen LogP contribution in [0.25, 0.3) is 0 Å². The van der Waals surface area contributed by atoms with Gasteiger partial charge in [0.05, 0.1) is 19.8 Å². The van der Waals surface area contributed by atoms with E-state index in [2.05, 4.69) is 21.3 Å². The van der Waals surface area contributed by atoms with E-state index in [4.69, 9.17) is 14.2 Å². The zero-order valence-electron chi connectivity index (χ0n) is 33.9. The Morgan fingerprint density at radius 1 is 0.455 bits per heavy atom. The van der Waals surface area contributed by atoms with Crippen LogP contribution in [0.2, 0.25) is 0 Å². The van der Waals surface area contributed by atoms with Gasteiger partial charge in [-0.2, -0.15) is 35.3 Å². The smallest absolute Gasteiger partial charge is 0.248 e. The second-order valence-electron chi connectivity index (χ2n) is 12.7. The SMILES string of the molecule is CCCN(CCCCCN(CCCCCNC(=O)COCCNC(=O)CCSC)C(=O)COCCNC(=O)CCSC)C(=O)COCCNC(=O)CCSC. The van der Waals surface area contributed by atoms with Gasteiger partial charge < -0.3 is 45.3 Å². The fraction of sp³-hybridized carbons (Fsp3) is 0.838. The number of nitrogens with zero attached hydrogens (tertiary/aromatic N) is 2. The van der Waals surface area contributed by atoms with Gasteiger partial charge in [-0.05, 0) is 63.7 Å². The maximum Gasteiger partial charge on any atom is 0.248 e. The van der Waals surface area contributed by atoms with Crippen LogP contribution in [0.1, 0.15) is 71.1 Å². The highest BCUT2D eigenvalue weighted by atomic mass is 32.2. The molecule has 0 heterocycles. The lowest BCUT2D eigenvalue weighted by atomic mass is 10.2. The molecule has 0 bridgehead atoms. The summed E-state index contributed by atoms with van der Waals surface area (Å²) in [5.41, 5.74) is 0. The molecule has 0 rings (SSSR count). The van der Waals surface area contributed by atoms with Gasteiger partial charge in [0.2, 0.25) is 35.4 Å². The van der Waals surface area contributed by atoms with Gasteiger partial charge in [-0.15, -0.1) is 0 Å². The second kappa shape index (κ2) is 38.6. The van der Waals surface area contributed by atoms with Gasteiger partial charge in [-0.1, -0.05) is 6.92 Å². The van der Waals surface area contributed by atoms with E-state index in [1.807, 2.05) is 35.5 Å². The Kier molecular flexibility index (Phi) is 37.0. The number of unbranched alkanes of at least 4 members (excludes halogenated alkanes) is 4. The standard InChI is InChI=1S/C37H70N6O9S3/c1-5-19-42(36(48)30-51-24-17-40-33(45)13-27-54-3)20-10-7-11-22-43(37(49)31-52-25-18-41-34(46)14-28-55-4)21-9-6-8-15-38-35(47)29-50-23-16-39-32(44)12-26-53-2/h5-31H2,1-4H3,(H,38,47)(H,39,44)(H,40,45)(H,41,46). The van der Waals surface area contributed by atoms with Crippen molar-refractivity contribution in [2.75, 3.05) is 128 Å². The van der Waals surface area contributed by atoms with Crippen LogP contribution >= 0.6 is 35.3 Å². The van der Waals surface area contributed by atoms with E-state index >= 15 is 0 Å². The zero-order valence-corrected chi connectivity index (χ0v) is 36.3. The van der Waals surface area contributed by atoms with Crippen molar-refractivity contribution < 1.29 is 43.0 Å². The molecular weight excluding hydrogens is 769 g/mol. The topological polar surface area (TPSA) is 185 Å². The summed E-state index contributed by atoms with van der Waals surface area (Å²) in [6, 6.07) is 0. The van der Waals surface area contributed by atoms with Crippen molar-refractivity contribution in [2.24, 2.45) is 0 Å². The van der Waals surface area contributed by atoms with Crippen LogP contribution in [-0.4, -0.2) is 173 Å². The summed E-state index contributed by atoms with van der Waals surface area (Å²) in [7, 11) is 0. The number of carbonyl (C=O) groups excluding carboxylic acids is 6. The van der Waals surface area contributed by atoms with Gasteiger partial charge in [0, 0.05) is 88.9 Å². The molecular formula is C37H70N6O9S3. The average molecular weight is 839 g/mol. The lowest BCUT2D eigenvalue weighted by molar-refractivity contribution is -0.136. The first kappa shape index (κ1) is 52.8. The first-order valence-electron chi connectivity index (χ1n) is 19.5. The van der Waals surface area contributed by atoms with Crippen LogP contribution in [0.3, 0.4) is 0 Å². The summed E-state index contributed by atoms with van der Waals surface area (Å²) >= 11 is 4.84. The molecule has 0 spiro atoms. The minimum Gasteiger partial charge on any atom is -0.370 e. The van der Waals surface area contributed by atoms with E-state index in [1.54, 1.807) is 35.3 Å². The molecule has 0 aromatic rings. The number of hydrogen-bond acceptors (Lipinski definition) is 12. The minimum absolute atomic E-state index is 0.0201. The molecule has 55 heavy (non-hydrogen) atoms. The Hall–Kier alpha value is -2.25. The average Bonchev–Trinajstić information content (AvgIpc) is 3.17. The maximum absolute atomic E-state index is 13.1. The quantitative estimate of drug-likeness (QED) is 0.0666. The molecule has 0 saturated heterocycles. The second-order valence-corrected chi connectivity index (χ2v) is 15.6. The lowest BCUT2D eigenvalue weighted by Crippen LogP contribution is -2.37. The lowest BCUT2D eigenvalue weighted by Gasteiger charge is -2.24. The number of hydrogen-bond donors (Lipinski definition) is 4. The summed E-state index contributed by atoms with van der Waals surface area (Å²) in [6.07, 6.45) is 12.8. The Balaban J connectivity index is 4.61. The normalized spacial score (nSPS) is 10.8. The third kappa shape index (κ3) is 33.6. The third-order valence-electron chi connectivity index (χ3n) is 7.97. The van der Waals surface area contributed by atoms with E-state index in [0.717, 1.165) is 62.2 Å². The van der Waals surface area contributed by atoms with E-state index in [1.165, 1.54) is 0 Å². The Labute approximate surface area is 342 Å². The van der Waals surface area contributed by atoms with Crippen LogP contribution in [0.5, 0.6) is 0 Å². The van der Waals surface area contributed by atoms with Gasteiger partial charge in [-0.25, -0.2) is 0 Å². The van der Waals surface area contributed by atoms with Gasteiger partial charge in [0.1, 0.15) is 19.8 Å². The number of thioether (sulfide) groups is 3. The highest BCUT2D eigenvalue weighted by Crippen LogP contribution is 2.07. The zero-order chi connectivity index (χ0) is 40.8. The fourth-order valence-corrected chi connectivity index (χ4v) is 6.13. The molecule has 6 amide bonds. The largest absolute Gasteiger partial charge is 0.370 e. The highest BCUT2D eigenvalue weighted by molar-refractivity contribution is 7.99. The monoisotopic (exact) mass is 838 g/mol. The molecule has 0 unspecified atom stereocenters. The third-order valence-corrected chi connectivity index (χ3v) is 9.81. The summed E-state index contributed by atoms with van der Waals surface area (Å²) in [4.78, 5) is 76.8. The molecule has 18 heteroatoms. The van der Waals surface area contributed by atoms with Crippen LogP contribution < -0.4 is 21.3 Å². The molecule has 0 aromatic carbocycles. The van der Waals surface area contributed by atoms with Crippen molar-refractivity contribution in [1.82, 2.24) is 31.1 Å². The van der Waals surface area contributed by atoms with Crippen LogP contribution in [-0.2, 0) is 43.0 Å². The minimum atomic E-state index is -0.211. The molecule has 0 radical (unpaired) electrons. The number of amides is 6. The maximum atomic E-state index is 13.1. The number of ether oxygens (including phenoxy) is 3. The summed E-state index contributed by atoms with van der Waals surface area (Å²) in [5, 5.41) is 11.2. The predicted octanol–water partition coefficient (Wildman–Crippen LogP) is 2.17. The Morgan fingerprint density at radius 3 is 1.22 bits per heavy atom. The van der Waals surface area contributed by atoms with E-state index in [9.17, 15) is 28.8 Å². The van der Waals surface area contributed by atoms with Crippen molar-refractivity contribution >= 4 is 70.7 Å². The van der Waals surface area contributed by atoms with Crippen molar-refractivity contribution in [3.05, 3.63) is 0 Å². The molecule has 0 saturated carbocycles. The highest BCUT2D eigenvalue weighted by Gasteiger charge is 2.15. The first-order chi connectivity index (χ1) is 26.7. The molecule has 0 aromatic heterocycles. The Morgan fingerprint density at radius 2 is 0.818 bits per heavy atom. The van der Waals surface area contributed by atoms with Gasteiger partial charge in [-0.3, -0.25) is 28.8 Å². The van der Waals surface area contributed by atoms with E-state index < -0.39 is 0 Å². The van der Waals surface area contributed by atoms with Crippen LogP contribution in [0.15, 0.2) is 0 Å². The molecule has 0 atom stereocenters. The van der Waals surface area contributed by atoms with Crippen LogP contribution in [0.4, 0.5) is 0 Å². The van der Waals surface area contributed by atoms with Crippen LogP contribution in [0, 0.1) is 0 Å². The van der Waals surface area contributed by atoms with Gasteiger partial charge >= 0.3 is 0 Å². The molecule has 15 nitrogen and oxygen atoms in total. The molecule has 0 aliphatic rings. The molecule has 0 fully saturated rings. The number of rotatable bonds is 38. The summed E-state index contributed by atoms with van der Waals surface area (Å²) in [6.45, 7) is 6.61.